The third-order valence-electron chi connectivity index (χ3n) is 4.07. The fourth-order valence-corrected chi connectivity index (χ4v) is 3.27. The molecule has 0 saturated heterocycles. The molecule has 1 N–H and O–H groups in total. The Hall–Kier alpha value is -1.95. The van der Waals surface area contributed by atoms with Crippen molar-refractivity contribution in [2.75, 3.05) is 5.32 Å². The Morgan fingerprint density at radius 2 is 1.70 bits per heavy atom. The van der Waals surface area contributed by atoms with E-state index in [1.807, 2.05) is 26.0 Å². The second kappa shape index (κ2) is 12.4. The third-order valence-corrected chi connectivity index (χ3v) is 5.27. The highest BCUT2D eigenvalue weighted by Crippen LogP contribution is 2.18. The molecule has 0 spiro atoms. The Morgan fingerprint density at radius 1 is 1.04 bits per heavy atom. The predicted molar refractivity (Wildman–Crippen MR) is 110 cm³/mol. The second-order valence-corrected chi connectivity index (χ2v) is 8.22. The van der Waals surface area contributed by atoms with Gasteiger partial charge in [0, 0.05) is 30.2 Å². The van der Waals surface area contributed by atoms with Crippen LogP contribution in [0, 0.1) is 0 Å². The SMILES string of the molecule is CCC(C)SC(=O)CCCC(=O)Nc1ccc(CCC(=O)CC(C)=O)cc1. The summed E-state index contributed by atoms with van der Waals surface area (Å²) < 4.78 is 0. The Labute approximate surface area is 165 Å². The lowest BCUT2D eigenvalue weighted by atomic mass is 10.0. The zero-order chi connectivity index (χ0) is 20.2. The van der Waals surface area contributed by atoms with Crippen molar-refractivity contribution in [2.45, 2.75) is 71.0 Å². The first kappa shape index (κ1) is 23.1. The number of aryl methyl sites for hydroxylation is 1. The first-order chi connectivity index (χ1) is 12.8. The number of ketones is 2. The summed E-state index contributed by atoms with van der Waals surface area (Å²) in [5.74, 6) is -0.278. The maximum atomic E-state index is 12.0. The maximum Gasteiger partial charge on any atom is 0.224 e. The molecule has 1 atom stereocenters. The molecule has 0 fully saturated rings. The largest absolute Gasteiger partial charge is 0.326 e. The fourth-order valence-electron chi connectivity index (χ4n) is 2.39. The average Bonchev–Trinajstić information content (AvgIpc) is 2.60. The summed E-state index contributed by atoms with van der Waals surface area (Å²) in [7, 11) is 0. The van der Waals surface area contributed by atoms with E-state index < -0.39 is 0 Å². The minimum absolute atomic E-state index is 0.00743. The summed E-state index contributed by atoms with van der Waals surface area (Å²) in [6.45, 7) is 5.49. The molecule has 1 unspecified atom stereocenters. The van der Waals surface area contributed by atoms with E-state index in [-0.39, 0.29) is 29.0 Å². The molecule has 148 valence electrons. The first-order valence-corrected chi connectivity index (χ1v) is 10.3. The van der Waals surface area contributed by atoms with Gasteiger partial charge in [-0.05, 0) is 43.9 Å². The quantitative estimate of drug-likeness (QED) is 0.536. The van der Waals surface area contributed by atoms with Crippen molar-refractivity contribution in [3.05, 3.63) is 29.8 Å². The molecule has 0 aliphatic carbocycles. The van der Waals surface area contributed by atoms with E-state index in [2.05, 4.69) is 5.32 Å². The zero-order valence-corrected chi connectivity index (χ0v) is 17.2. The predicted octanol–water partition coefficient (Wildman–Crippen LogP) is 4.33. The van der Waals surface area contributed by atoms with Gasteiger partial charge in [0.25, 0.3) is 0 Å². The van der Waals surface area contributed by atoms with E-state index in [1.54, 1.807) is 12.1 Å². The Balaban J connectivity index is 2.31. The van der Waals surface area contributed by atoms with E-state index in [0.717, 1.165) is 12.0 Å². The van der Waals surface area contributed by atoms with Crippen LogP contribution in [0.25, 0.3) is 0 Å². The molecule has 5 nitrogen and oxygen atoms in total. The highest BCUT2D eigenvalue weighted by molar-refractivity contribution is 8.14. The number of amides is 1. The van der Waals surface area contributed by atoms with Gasteiger partial charge in [-0.25, -0.2) is 0 Å². The minimum atomic E-state index is -0.113. The van der Waals surface area contributed by atoms with Crippen molar-refractivity contribution in [2.24, 2.45) is 0 Å². The van der Waals surface area contributed by atoms with Crippen molar-refractivity contribution < 1.29 is 19.2 Å². The molecular formula is C21H29NO4S. The number of rotatable bonds is 12. The Bertz CT molecular complexity index is 655. The van der Waals surface area contributed by atoms with E-state index in [9.17, 15) is 19.2 Å². The highest BCUT2D eigenvalue weighted by Gasteiger charge is 2.10. The highest BCUT2D eigenvalue weighted by atomic mass is 32.2. The number of hydrogen-bond acceptors (Lipinski definition) is 5. The molecule has 0 aliphatic rings. The topological polar surface area (TPSA) is 80.3 Å². The van der Waals surface area contributed by atoms with Gasteiger partial charge < -0.3 is 5.32 Å². The van der Waals surface area contributed by atoms with Crippen molar-refractivity contribution in [1.29, 1.82) is 0 Å². The van der Waals surface area contributed by atoms with Gasteiger partial charge in [0.05, 0.1) is 6.42 Å². The van der Waals surface area contributed by atoms with Gasteiger partial charge in [-0.2, -0.15) is 0 Å². The Kier molecular flexibility index (Phi) is 10.6. The monoisotopic (exact) mass is 391 g/mol. The summed E-state index contributed by atoms with van der Waals surface area (Å²) in [6, 6.07) is 7.32. The number of anilines is 1. The molecule has 6 heteroatoms. The zero-order valence-electron chi connectivity index (χ0n) is 16.4. The van der Waals surface area contributed by atoms with Crippen LogP contribution in [0.2, 0.25) is 0 Å². The molecule has 1 amide bonds. The summed E-state index contributed by atoms with van der Waals surface area (Å²) in [5, 5.41) is 3.28. The van der Waals surface area contributed by atoms with Crippen molar-refractivity contribution in [1.82, 2.24) is 0 Å². The van der Waals surface area contributed by atoms with Gasteiger partial charge >= 0.3 is 0 Å². The van der Waals surface area contributed by atoms with Crippen molar-refractivity contribution in [3.63, 3.8) is 0 Å². The van der Waals surface area contributed by atoms with Gasteiger partial charge in [0.1, 0.15) is 11.6 Å². The smallest absolute Gasteiger partial charge is 0.224 e. The maximum absolute atomic E-state index is 12.0. The average molecular weight is 392 g/mol. The first-order valence-electron chi connectivity index (χ1n) is 9.39. The van der Waals surface area contributed by atoms with Gasteiger partial charge in [0.15, 0.2) is 5.12 Å². The lowest BCUT2D eigenvalue weighted by Gasteiger charge is -2.08. The number of thioether (sulfide) groups is 1. The lowest BCUT2D eigenvalue weighted by Crippen LogP contribution is -2.12. The van der Waals surface area contributed by atoms with Gasteiger partial charge in [-0.3, -0.25) is 19.2 Å². The normalized spacial score (nSPS) is 11.7. The van der Waals surface area contributed by atoms with E-state index in [4.69, 9.17) is 0 Å². The number of benzene rings is 1. The Morgan fingerprint density at radius 3 is 2.30 bits per heavy atom. The molecule has 1 aromatic carbocycles. The minimum Gasteiger partial charge on any atom is -0.326 e. The fraction of sp³-hybridized carbons (Fsp3) is 0.524. The van der Waals surface area contributed by atoms with Gasteiger partial charge in [-0.15, -0.1) is 0 Å². The van der Waals surface area contributed by atoms with Crippen LogP contribution in [-0.4, -0.2) is 27.8 Å². The van der Waals surface area contributed by atoms with Crippen LogP contribution in [0.4, 0.5) is 5.69 Å². The summed E-state index contributed by atoms with van der Waals surface area (Å²) in [5.41, 5.74) is 1.68. The number of nitrogens with one attached hydrogen (secondary N) is 1. The van der Waals surface area contributed by atoms with E-state index >= 15 is 0 Å². The molecule has 27 heavy (non-hydrogen) atoms. The van der Waals surface area contributed by atoms with E-state index in [0.29, 0.717) is 43.0 Å². The third kappa shape index (κ3) is 10.7. The molecule has 0 aromatic heterocycles. The van der Waals surface area contributed by atoms with Crippen LogP contribution in [0.5, 0.6) is 0 Å². The number of Topliss-reactive ketones (excluding diaryl/α,β-unsaturated/α-hetero) is 2. The van der Waals surface area contributed by atoms with Crippen LogP contribution in [0.3, 0.4) is 0 Å². The molecular weight excluding hydrogens is 362 g/mol. The summed E-state index contributed by atoms with van der Waals surface area (Å²) in [6.07, 6.45) is 3.14. The summed E-state index contributed by atoms with van der Waals surface area (Å²) >= 11 is 1.35. The second-order valence-electron chi connectivity index (χ2n) is 6.72. The summed E-state index contributed by atoms with van der Waals surface area (Å²) in [4.78, 5) is 46.2. The molecule has 1 aromatic rings. The van der Waals surface area contributed by atoms with Crippen LogP contribution < -0.4 is 5.32 Å². The van der Waals surface area contributed by atoms with Crippen LogP contribution in [0.1, 0.15) is 64.9 Å². The van der Waals surface area contributed by atoms with Crippen LogP contribution in [-0.2, 0) is 25.6 Å². The molecule has 0 aliphatic heterocycles. The standard InChI is InChI=1S/C21H29NO4S/c1-4-16(3)27-21(26)7-5-6-20(25)22-18-11-8-17(9-12-18)10-13-19(24)14-15(2)23/h8-9,11-12,16H,4-7,10,13-14H2,1-3H3,(H,22,25). The van der Waals surface area contributed by atoms with Gasteiger partial charge in [-0.1, -0.05) is 37.7 Å². The molecule has 0 saturated carbocycles. The molecule has 0 bridgehead atoms. The van der Waals surface area contributed by atoms with Gasteiger partial charge in [0.2, 0.25) is 5.91 Å². The van der Waals surface area contributed by atoms with Crippen LogP contribution >= 0.6 is 11.8 Å². The molecule has 0 heterocycles. The van der Waals surface area contributed by atoms with Crippen molar-refractivity contribution >= 4 is 40.0 Å². The number of carbonyl (C=O) groups is 4. The lowest BCUT2D eigenvalue weighted by molar-refractivity contribution is -0.126. The molecule has 1 rings (SSSR count). The number of carbonyl (C=O) groups excluding carboxylic acids is 4. The number of hydrogen-bond donors (Lipinski definition) is 1. The van der Waals surface area contributed by atoms with E-state index in [1.165, 1.54) is 18.7 Å². The molecule has 0 radical (unpaired) electrons. The van der Waals surface area contributed by atoms with Crippen LogP contribution in [0.15, 0.2) is 24.3 Å². The van der Waals surface area contributed by atoms with Crippen molar-refractivity contribution in [3.8, 4) is 0 Å².